The molecule has 0 aliphatic rings. The van der Waals surface area contributed by atoms with E-state index in [0.29, 0.717) is 12.0 Å². The molecule has 0 spiro atoms. The molecule has 6 heteroatoms. The number of unbranched alkanes of at least 4 members (excludes halogenated alkanes) is 1. The Hall–Kier alpha value is -1.56. The van der Waals surface area contributed by atoms with Gasteiger partial charge in [-0.2, -0.15) is 13.2 Å². The predicted molar refractivity (Wildman–Crippen MR) is 70.8 cm³/mol. The zero-order chi connectivity index (χ0) is 15.2. The van der Waals surface area contributed by atoms with Crippen LogP contribution in [0.2, 0.25) is 0 Å². The summed E-state index contributed by atoms with van der Waals surface area (Å²) in [6.07, 6.45) is -1.91. The topological polar surface area (TPSA) is 55.1 Å². The molecule has 0 unspecified atom stereocenters. The van der Waals surface area contributed by atoms with E-state index in [1.165, 1.54) is 12.1 Å². The Morgan fingerprint density at radius 1 is 1.30 bits per heavy atom. The number of alkyl halides is 3. The number of hydrogen-bond acceptors (Lipinski definition) is 2. The minimum atomic E-state index is -4.34. The first kappa shape index (κ1) is 16.5. The highest BCUT2D eigenvalue weighted by Gasteiger charge is 2.29. The fourth-order valence-electron chi connectivity index (χ4n) is 1.69. The maximum Gasteiger partial charge on any atom is 0.416 e. The number of carbonyl (C=O) groups excluding carboxylic acids is 1. The van der Waals surface area contributed by atoms with E-state index in [1.54, 1.807) is 0 Å². The number of hydrogen-bond donors (Lipinski definition) is 2. The van der Waals surface area contributed by atoms with Gasteiger partial charge < -0.3 is 11.1 Å². The standard InChI is InChI=1S/C14H19F3N2O/c1-2-3-4-12(18)13(20)19-9-10-5-7-11(8-6-10)14(15,16)17/h5-8,12H,2-4,9,18H2,1H3,(H,19,20)/t12-/m0/s1. The zero-order valence-corrected chi connectivity index (χ0v) is 11.3. The summed E-state index contributed by atoms with van der Waals surface area (Å²) in [4.78, 5) is 11.6. The van der Waals surface area contributed by atoms with Gasteiger partial charge in [-0.3, -0.25) is 4.79 Å². The summed E-state index contributed by atoms with van der Waals surface area (Å²) < 4.78 is 37.1. The number of nitrogens with one attached hydrogen (secondary N) is 1. The van der Waals surface area contributed by atoms with Gasteiger partial charge in [0.15, 0.2) is 0 Å². The van der Waals surface area contributed by atoms with E-state index in [9.17, 15) is 18.0 Å². The number of amides is 1. The molecule has 0 saturated heterocycles. The second-order valence-electron chi connectivity index (χ2n) is 4.66. The van der Waals surface area contributed by atoms with Crippen molar-refractivity contribution < 1.29 is 18.0 Å². The van der Waals surface area contributed by atoms with Crippen molar-refractivity contribution in [2.24, 2.45) is 5.73 Å². The first-order valence-corrected chi connectivity index (χ1v) is 6.54. The van der Waals surface area contributed by atoms with Crippen molar-refractivity contribution in [2.75, 3.05) is 0 Å². The van der Waals surface area contributed by atoms with E-state index >= 15 is 0 Å². The van der Waals surface area contributed by atoms with Gasteiger partial charge in [0.2, 0.25) is 5.91 Å². The molecule has 0 aromatic heterocycles. The van der Waals surface area contributed by atoms with Crippen LogP contribution in [0.25, 0.3) is 0 Å². The van der Waals surface area contributed by atoms with Gasteiger partial charge in [0, 0.05) is 6.54 Å². The summed E-state index contributed by atoms with van der Waals surface area (Å²) in [5, 5.41) is 2.62. The molecule has 0 aliphatic carbocycles. The normalized spacial score (nSPS) is 13.1. The number of nitrogens with two attached hydrogens (primary N) is 1. The first-order valence-electron chi connectivity index (χ1n) is 6.54. The molecule has 0 aliphatic heterocycles. The summed E-state index contributed by atoms with van der Waals surface area (Å²) >= 11 is 0. The molecule has 0 saturated carbocycles. The van der Waals surface area contributed by atoms with Gasteiger partial charge in [0.1, 0.15) is 0 Å². The molecule has 0 radical (unpaired) electrons. The lowest BCUT2D eigenvalue weighted by Gasteiger charge is -2.12. The molecule has 0 bridgehead atoms. The van der Waals surface area contributed by atoms with Crippen molar-refractivity contribution in [3.8, 4) is 0 Å². The van der Waals surface area contributed by atoms with E-state index in [0.717, 1.165) is 25.0 Å². The second kappa shape index (κ2) is 7.28. The quantitative estimate of drug-likeness (QED) is 0.845. The second-order valence-corrected chi connectivity index (χ2v) is 4.66. The molecular formula is C14H19F3N2O. The number of benzene rings is 1. The van der Waals surface area contributed by atoms with E-state index < -0.39 is 17.8 Å². The lowest BCUT2D eigenvalue weighted by Crippen LogP contribution is -2.40. The summed E-state index contributed by atoms with van der Waals surface area (Å²) in [6.45, 7) is 2.18. The van der Waals surface area contributed by atoms with Gasteiger partial charge in [-0.25, -0.2) is 0 Å². The van der Waals surface area contributed by atoms with Crippen LogP contribution in [0, 0.1) is 0 Å². The van der Waals surface area contributed by atoms with Gasteiger partial charge >= 0.3 is 6.18 Å². The third kappa shape index (κ3) is 5.21. The summed E-state index contributed by atoms with van der Waals surface area (Å²) in [5.41, 5.74) is 5.59. The van der Waals surface area contributed by atoms with Crippen LogP contribution in [-0.2, 0) is 17.5 Å². The molecular weight excluding hydrogens is 269 g/mol. The van der Waals surface area contributed by atoms with Crippen LogP contribution in [0.1, 0.15) is 37.3 Å². The van der Waals surface area contributed by atoms with Gasteiger partial charge in [0.25, 0.3) is 0 Å². The Kier molecular flexibility index (Phi) is 6.01. The smallest absolute Gasteiger partial charge is 0.351 e. The van der Waals surface area contributed by atoms with Gasteiger partial charge in [-0.15, -0.1) is 0 Å². The Morgan fingerprint density at radius 3 is 2.40 bits per heavy atom. The number of halogens is 3. The minimum absolute atomic E-state index is 0.177. The van der Waals surface area contributed by atoms with Crippen LogP contribution in [-0.4, -0.2) is 11.9 Å². The predicted octanol–water partition coefficient (Wildman–Crippen LogP) is 2.84. The van der Waals surface area contributed by atoms with Crippen LogP contribution < -0.4 is 11.1 Å². The fourth-order valence-corrected chi connectivity index (χ4v) is 1.69. The van der Waals surface area contributed by atoms with Crippen molar-refractivity contribution in [3.05, 3.63) is 35.4 Å². The van der Waals surface area contributed by atoms with Crippen molar-refractivity contribution in [1.82, 2.24) is 5.32 Å². The van der Waals surface area contributed by atoms with Gasteiger partial charge in [0.05, 0.1) is 11.6 Å². The molecule has 1 amide bonds. The van der Waals surface area contributed by atoms with Crippen LogP contribution in [0.5, 0.6) is 0 Å². The van der Waals surface area contributed by atoms with E-state index in [2.05, 4.69) is 5.32 Å². The molecule has 3 nitrogen and oxygen atoms in total. The fraction of sp³-hybridized carbons (Fsp3) is 0.500. The number of carbonyl (C=O) groups is 1. The minimum Gasteiger partial charge on any atom is -0.351 e. The molecule has 20 heavy (non-hydrogen) atoms. The molecule has 3 N–H and O–H groups in total. The summed E-state index contributed by atoms with van der Waals surface area (Å²) in [5.74, 6) is -0.279. The van der Waals surface area contributed by atoms with Crippen molar-refractivity contribution in [1.29, 1.82) is 0 Å². The third-order valence-electron chi connectivity index (χ3n) is 2.95. The highest BCUT2D eigenvalue weighted by molar-refractivity contribution is 5.81. The highest BCUT2D eigenvalue weighted by atomic mass is 19.4. The monoisotopic (exact) mass is 288 g/mol. The van der Waals surface area contributed by atoms with E-state index in [-0.39, 0.29) is 12.5 Å². The Balaban J connectivity index is 2.48. The molecule has 1 atom stereocenters. The number of rotatable bonds is 6. The molecule has 112 valence electrons. The van der Waals surface area contributed by atoms with Crippen molar-refractivity contribution in [3.63, 3.8) is 0 Å². The van der Waals surface area contributed by atoms with Crippen LogP contribution >= 0.6 is 0 Å². The van der Waals surface area contributed by atoms with Crippen molar-refractivity contribution >= 4 is 5.91 Å². The van der Waals surface area contributed by atoms with Crippen LogP contribution in [0.15, 0.2) is 24.3 Å². The van der Waals surface area contributed by atoms with Gasteiger partial charge in [-0.05, 0) is 24.1 Å². The Morgan fingerprint density at radius 2 is 1.90 bits per heavy atom. The van der Waals surface area contributed by atoms with Crippen LogP contribution in [0.3, 0.4) is 0 Å². The first-order chi connectivity index (χ1) is 9.34. The SMILES string of the molecule is CCCC[C@H](N)C(=O)NCc1ccc(C(F)(F)F)cc1. The summed E-state index contributed by atoms with van der Waals surface area (Å²) in [7, 11) is 0. The average Bonchev–Trinajstić information content (AvgIpc) is 2.41. The van der Waals surface area contributed by atoms with Crippen molar-refractivity contribution in [2.45, 2.75) is 44.9 Å². The van der Waals surface area contributed by atoms with E-state index in [4.69, 9.17) is 5.73 Å². The third-order valence-corrected chi connectivity index (χ3v) is 2.95. The molecule has 0 fully saturated rings. The molecule has 1 aromatic carbocycles. The zero-order valence-electron chi connectivity index (χ0n) is 11.3. The maximum absolute atomic E-state index is 12.4. The largest absolute Gasteiger partial charge is 0.416 e. The Bertz CT molecular complexity index is 429. The van der Waals surface area contributed by atoms with Gasteiger partial charge in [-0.1, -0.05) is 31.9 Å². The Labute approximate surface area is 116 Å². The highest BCUT2D eigenvalue weighted by Crippen LogP contribution is 2.28. The molecule has 0 heterocycles. The maximum atomic E-state index is 12.4. The average molecular weight is 288 g/mol. The van der Waals surface area contributed by atoms with Crippen LogP contribution in [0.4, 0.5) is 13.2 Å². The lowest BCUT2D eigenvalue weighted by molar-refractivity contribution is -0.137. The summed E-state index contributed by atoms with van der Waals surface area (Å²) in [6, 6.07) is 4.13. The lowest BCUT2D eigenvalue weighted by atomic mass is 10.1. The molecule has 1 rings (SSSR count). The molecule has 1 aromatic rings. The van der Waals surface area contributed by atoms with E-state index in [1.807, 2.05) is 6.92 Å².